The van der Waals surface area contributed by atoms with Crippen molar-refractivity contribution in [1.29, 1.82) is 0 Å². The van der Waals surface area contributed by atoms with Crippen molar-refractivity contribution in [2.75, 3.05) is 51.8 Å². The molecule has 3 aromatic rings. The topological polar surface area (TPSA) is 85.5 Å². The van der Waals surface area contributed by atoms with E-state index in [2.05, 4.69) is 25.4 Å². The number of aromatic nitrogens is 3. The highest BCUT2D eigenvalue weighted by Gasteiger charge is 2.15. The van der Waals surface area contributed by atoms with Gasteiger partial charge in [-0.1, -0.05) is 0 Å². The molecule has 0 saturated carbocycles. The van der Waals surface area contributed by atoms with Crippen LogP contribution < -0.4 is 10.1 Å². The smallest absolute Gasteiger partial charge is 0.251 e. The van der Waals surface area contributed by atoms with Gasteiger partial charge in [-0.25, -0.2) is 4.98 Å². The van der Waals surface area contributed by atoms with Gasteiger partial charge in [0.2, 0.25) is 5.89 Å². The van der Waals surface area contributed by atoms with Crippen molar-refractivity contribution in [3.8, 4) is 28.7 Å². The van der Waals surface area contributed by atoms with Gasteiger partial charge in [0.05, 0.1) is 25.9 Å². The number of morpholine rings is 1. The SMILES string of the molecule is COc1ccc(-c2nnc(-c3cccnc3NCCN3CCOCC3)o2)cc1. The van der Waals surface area contributed by atoms with Crippen LogP contribution in [-0.2, 0) is 4.74 Å². The fraction of sp³-hybridized carbons (Fsp3) is 0.350. The third-order valence-corrected chi connectivity index (χ3v) is 4.62. The monoisotopic (exact) mass is 381 g/mol. The average molecular weight is 381 g/mol. The fourth-order valence-corrected chi connectivity index (χ4v) is 3.06. The number of pyridine rings is 1. The Morgan fingerprint density at radius 3 is 2.64 bits per heavy atom. The zero-order valence-electron chi connectivity index (χ0n) is 15.8. The lowest BCUT2D eigenvalue weighted by Gasteiger charge is -2.26. The lowest BCUT2D eigenvalue weighted by Crippen LogP contribution is -2.39. The van der Waals surface area contributed by atoms with Gasteiger partial charge in [0.1, 0.15) is 11.6 Å². The van der Waals surface area contributed by atoms with Crippen LogP contribution in [0.15, 0.2) is 47.0 Å². The quantitative estimate of drug-likeness (QED) is 0.668. The molecule has 146 valence electrons. The van der Waals surface area contributed by atoms with Gasteiger partial charge in [0.25, 0.3) is 5.89 Å². The summed E-state index contributed by atoms with van der Waals surface area (Å²) in [7, 11) is 1.63. The highest BCUT2D eigenvalue weighted by molar-refractivity contribution is 5.69. The maximum absolute atomic E-state index is 5.90. The van der Waals surface area contributed by atoms with E-state index in [9.17, 15) is 0 Å². The minimum absolute atomic E-state index is 0.438. The normalized spacial score (nSPS) is 14.8. The number of methoxy groups -OCH3 is 1. The minimum Gasteiger partial charge on any atom is -0.497 e. The van der Waals surface area contributed by atoms with Gasteiger partial charge in [-0.2, -0.15) is 0 Å². The van der Waals surface area contributed by atoms with Crippen molar-refractivity contribution < 1.29 is 13.9 Å². The number of hydrogen-bond acceptors (Lipinski definition) is 8. The Hall–Kier alpha value is -2.97. The molecular weight excluding hydrogens is 358 g/mol. The fourth-order valence-electron chi connectivity index (χ4n) is 3.06. The van der Waals surface area contributed by atoms with Crippen LogP contribution in [-0.4, -0.2) is 66.6 Å². The van der Waals surface area contributed by atoms with Crippen molar-refractivity contribution in [3.63, 3.8) is 0 Å². The summed E-state index contributed by atoms with van der Waals surface area (Å²) in [6, 6.07) is 11.3. The van der Waals surface area contributed by atoms with Gasteiger partial charge < -0.3 is 19.2 Å². The van der Waals surface area contributed by atoms with Crippen LogP contribution in [0.2, 0.25) is 0 Å². The third kappa shape index (κ3) is 4.29. The van der Waals surface area contributed by atoms with Gasteiger partial charge >= 0.3 is 0 Å². The van der Waals surface area contributed by atoms with Crippen molar-refractivity contribution >= 4 is 5.82 Å². The molecule has 8 heteroatoms. The standard InChI is InChI=1S/C20H23N5O3/c1-26-16-6-4-15(5-7-16)19-23-24-20(28-19)17-3-2-8-21-18(17)22-9-10-25-11-13-27-14-12-25/h2-8H,9-14H2,1H3,(H,21,22). The molecule has 0 bridgehead atoms. The van der Waals surface area contributed by atoms with Gasteiger partial charge in [0.15, 0.2) is 0 Å². The first kappa shape index (κ1) is 18.4. The Balaban J connectivity index is 1.46. The van der Waals surface area contributed by atoms with Crippen LogP contribution in [0.4, 0.5) is 5.82 Å². The summed E-state index contributed by atoms with van der Waals surface area (Å²) in [6.45, 7) is 5.23. The van der Waals surface area contributed by atoms with Crippen LogP contribution in [0.5, 0.6) is 5.75 Å². The van der Waals surface area contributed by atoms with Gasteiger partial charge in [-0.15, -0.1) is 10.2 Å². The Labute approximate surface area is 163 Å². The van der Waals surface area contributed by atoms with E-state index in [0.717, 1.165) is 62.1 Å². The van der Waals surface area contributed by atoms with E-state index in [1.165, 1.54) is 0 Å². The average Bonchev–Trinajstić information content (AvgIpc) is 3.25. The maximum atomic E-state index is 5.90. The zero-order valence-corrected chi connectivity index (χ0v) is 15.8. The summed E-state index contributed by atoms with van der Waals surface area (Å²) < 4.78 is 16.5. The van der Waals surface area contributed by atoms with E-state index >= 15 is 0 Å². The summed E-state index contributed by atoms with van der Waals surface area (Å²) in [5, 5.41) is 11.8. The molecule has 0 spiro atoms. The van der Waals surface area contributed by atoms with Crippen LogP contribution in [0.25, 0.3) is 22.9 Å². The van der Waals surface area contributed by atoms with E-state index in [1.807, 2.05) is 36.4 Å². The molecule has 0 atom stereocenters. The van der Waals surface area contributed by atoms with E-state index in [4.69, 9.17) is 13.9 Å². The summed E-state index contributed by atoms with van der Waals surface area (Å²) in [4.78, 5) is 6.81. The molecule has 28 heavy (non-hydrogen) atoms. The van der Waals surface area contributed by atoms with E-state index in [1.54, 1.807) is 13.3 Å². The van der Waals surface area contributed by atoms with E-state index in [-0.39, 0.29) is 0 Å². The molecule has 4 rings (SSSR count). The van der Waals surface area contributed by atoms with Crippen molar-refractivity contribution in [1.82, 2.24) is 20.1 Å². The van der Waals surface area contributed by atoms with Crippen LogP contribution in [0, 0.1) is 0 Å². The lowest BCUT2D eigenvalue weighted by atomic mass is 10.2. The molecule has 1 fully saturated rings. The summed E-state index contributed by atoms with van der Waals surface area (Å²) in [6.07, 6.45) is 1.75. The van der Waals surface area contributed by atoms with Gasteiger partial charge in [0, 0.05) is 37.9 Å². The molecule has 0 unspecified atom stereocenters. The van der Waals surface area contributed by atoms with Gasteiger partial charge in [-0.3, -0.25) is 4.90 Å². The van der Waals surface area contributed by atoms with Crippen molar-refractivity contribution in [3.05, 3.63) is 42.6 Å². The second kappa shape index (κ2) is 8.81. The molecule has 0 amide bonds. The Morgan fingerprint density at radius 1 is 1.07 bits per heavy atom. The molecule has 1 aliphatic rings. The van der Waals surface area contributed by atoms with Crippen LogP contribution >= 0.6 is 0 Å². The molecule has 3 heterocycles. The number of nitrogens with one attached hydrogen (secondary N) is 1. The number of ether oxygens (including phenoxy) is 2. The first-order valence-electron chi connectivity index (χ1n) is 9.31. The number of benzene rings is 1. The maximum Gasteiger partial charge on any atom is 0.251 e. The second-order valence-corrected chi connectivity index (χ2v) is 6.42. The highest BCUT2D eigenvalue weighted by atomic mass is 16.5. The molecule has 2 aromatic heterocycles. The predicted molar refractivity (Wildman–Crippen MR) is 105 cm³/mol. The number of anilines is 1. The summed E-state index contributed by atoms with van der Waals surface area (Å²) in [5.74, 6) is 2.41. The first-order valence-corrected chi connectivity index (χ1v) is 9.31. The van der Waals surface area contributed by atoms with Gasteiger partial charge in [-0.05, 0) is 36.4 Å². The Bertz CT molecular complexity index is 891. The molecule has 1 N–H and O–H groups in total. The lowest BCUT2D eigenvalue weighted by molar-refractivity contribution is 0.0398. The largest absolute Gasteiger partial charge is 0.497 e. The molecule has 8 nitrogen and oxygen atoms in total. The minimum atomic E-state index is 0.438. The number of nitrogens with zero attached hydrogens (tertiary/aromatic N) is 4. The zero-order chi connectivity index (χ0) is 19.2. The number of rotatable bonds is 7. The molecule has 1 aliphatic heterocycles. The first-order chi connectivity index (χ1) is 13.8. The third-order valence-electron chi connectivity index (χ3n) is 4.62. The summed E-state index contributed by atoms with van der Waals surface area (Å²) >= 11 is 0. The summed E-state index contributed by atoms with van der Waals surface area (Å²) in [5.41, 5.74) is 1.63. The highest BCUT2D eigenvalue weighted by Crippen LogP contribution is 2.28. The predicted octanol–water partition coefficient (Wildman–Crippen LogP) is 2.55. The van der Waals surface area contributed by atoms with Crippen molar-refractivity contribution in [2.45, 2.75) is 0 Å². The number of hydrogen-bond donors (Lipinski definition) is 1. The van der Waals surface area contributed by atoms with E-state index < -0.39 is 0 Å². The molecule has 1 saturated heterocycles. The molecule has 0 aliphatic carbocycles. The van der Waals surface area contributed by atoms with Crippen LogP contribution in [0.3, 0.4) is 0 Å². The molecule has 0 radical (unpaired) electrons. The second-order valence-electron chi connectivity index (χ2n) is 6.42. The Kier molecular flexibility index (Phi) is 5.79. The molecular formula is C20H23N5O3. The van der Waals surface area contributed by atoms with Crippen molar-refractivity contribution in [2.24, 2.45) is 0 Å². The molecule has 1 aromatic carbocycles. The van der Waals surface area contributed by atoms with Crippen LogP contribution in [0.1, 0.15) is 0 Å². The van der Waals surface area contributed by atoms with E-state index in [0.29, 0.717) is 11.8 Å². The Morgan fingerprint density at radius 2 is 1.86 bits per heavy atom.